The lowest BCUT2D eigenvalue weighted by Gasteiger charge is -2.09. The van der Waals surface area contributed by atoms with Crippen molar-refractivity contribution in [1.29, 1.82) is 0 Å². The van der Waals surface area contributed by atoms with Crippen LogP contribution in [0, 0.1) is 20.8 Å². The van der Waals surface area contributed by atoms with Crippen molar-refractivity contribution < 1.29 is 80.9 Å². The summed E-state index contributed by atoms with van der Waals surface area (Å²) in [5.74, 6) is 0. The van der Waals surface area contributed by atoms with Crippen LogP contribution < -0.4 is 0 Å². The Morgan fingerprint density at radius 2 is 0.470 bits per heavy atom. The Labute approximate surface area is 753 Å². The Morgan fingerprint density at radius 3 is 0.957 bits per heavy atom. The van der Waals surface area contributed by atoms with E-state index in [4.69, 9.17) is 57.6 Å². The molecule has 6 heteroatoms. The zero-order chi connectivity index (χ0) is 128. The highest BCUT2D eigenvalue weighted by molar-refractivity contribution is 6.29. The number of para-hydroxylation sites is 9. The van der Waals surface area contributed by atoms with Crippen LogP contribution in [-0.4, -0.2) is 26.7 Å². The first kappa shape index (κ1) is 29.9. The second-order valence-electron chi connectivity index (χ2n) is 27.7. The number of benzene rings is 18. The molecule has 0 spiro atoms. The minimum atomic E-state index is -0.936. The van der Waals surface area contributed by atoms with Gasteiger partial charge in [-0.3, -0.25) is 0 Å². The fourth-order valence-corrected chi connectivity index (χ4v) is 16.7. The van der Waals surface area contributed by atoms with E-state index in [0.717, 1.165) is 21.3 Å². The molecule has 10 heterocycles. The van der Waals surface area contributed by atoms with E-state index in [9.17, 15) is 23.3 Å². The molecule has 0 amide bonds. The number of aromatic nitrogens is 6. The monoisotopic (exact) mass is 1550 g/mol. The Bertz CT molecular complexity index is 12600. The average Bonchev–Trinajstić information content (AvgIpc) is 1.50. The van der Waals surface area contributed by atoms with Gasteiger partial charge in [-0.05, 0) is 210 Å². The molecule has 28 aromatic rings. The molecule has 0 bridgehead atoms. The quantitative estimate of drug-likeness (QED) is 0.164. The van der Waals surface area contributed by atoms with Crippen LogP contribution in [0.1, 0.15) is 97.6 Å². The summed E-state index contributed by atoms with van der Waals surface area (Å²) in [5.41, 5.74) is -6.77. The first-order valence-corrected chi connectivity index (χ1v) is 35.9. The lowest BCUT2D eigenvalue weighted by Crippen LogP contribution is -1.93. The van der Waals surface area contributed by atoms with Gasteiger partial charge in [0.25, 0.3) is 0 Å². The zero-order valence-corrected chi connectivity index (χ0v) is 59.8. The fraction of sp³-hybridized carbons (Fsp3) is 0.0270. The van der Waals surface area contributed by atoms with Crippen molar-refractivity contribution in [2.45, 2.75) is 20.8 Å². The number of hydrogen-bond acceptors (Lipinski definition) is 0. The summed E-state index contributed by atoms with van der Waals surface area (Å²) >= 11 is 0. The van der Waals surface area contributed by atoms with Crippen LogP contribution in [0.3, 0.4) is 0 Å². The van der Waals surface area contributed by atoms with E-state index in [1.807, 2.05) is 0 Å². The Hall–Kier alpha value is -15.2. The minimum absolute atomic E-state index is 0.00717. The molecule has 0 saturated carbocycles. The van der Waals surface area contributed by atoms with Crippen molar-refractivity contribution in [3.63, 3.8) is 0 Å². The minimum Gasteiger partial charge on any atom is -0.309 e. The van der Waals surface area contributed by atoms with Crippen LogP contribution >= 0.6 is 0 Å². The second kappa shape index (κ2) is 23.9. The van der Waals surface area contributed by atoms with Gasteiger partial charge in [0, 0.05) is 119 Å². The molecule has 0 N–H and O–H groups in total. The summed E-state index contributed by atoms with van der Waals surface area (Å²) in [5, 5.41) is -2.45. The van der Waals surface area contributed by atoms with Crippen molar-refractivity contribution in [3.05, 3.63) is 385 Å². The summed E-state index contributed by atoms with van der Waals surface area (Å²) in [6.07, 6.45) is 0. The highest BCUT2D eigenvalue weighted by Crippen LogP contribution is 2.49. The van der Waals surface area contributed by atoms with Gasteiger partial charge in [0.05, 0.1) is 169 Å². The van der Waals surface area contributed by atoms with Gasteiger partial charge in [0.1, 0.15) is 0 Å². The Balaban J connectivity index is 0.000000128. The fourth-order valence-electron chi connectivity index (χ4n) is 16.7. The van der Waals surface area contributed by atoms with Gasteiger partial charge in [0.2, 0.25) is 0 Å². The Kier molecular flexibility index (Phi) is 6.12. The predicted octanol–water partition coefficient (Wildman–Crippen LogP) is 29.8. The van der Waals surface area contributed by atoms with Gasteiger partial charge in [0.15, 0.2) is 0 Å². The Morgan fingerprint density at radius 1 is 0.179 bits per heavy atom. The highest BCUT2D eigenvalue weighted by Gasteiger charge is 2.26. The van der Waals surface area contributed by atoms with Crippen molar-refractivity contribution in [3.8, 4) is 44.8 Å². The maximum absolute atomic E-state index is 9.74. The number of rotatable bonds is 5. The van der Waals surface area contributed by atoms with Crippen molar-refractivity contribution in [1.82, 2.24) is 26.7 Å². The first-order valence-electron chi connectivity index (χ1n) is 65.4. The molecule has 6 nitrogen and oxygen atoms in total. The van der Waals surface area contributed by atoms with Crippen LogP contribution in [0.4, 0.5) is 0 Å². The van der Waals surface area contributed by atoms with Crippen molar-refractivity contribution in [2.24, 2.45) is 0 Å². The summed E-state index contributed by atoms with van der Waals surface area (Å²) in [4.78, 5) is 0. The molecule has 0 atom stereocenters. The molecular weight excluding hydrogens is 1420 g/mol. The van der Waals surface area contributed by atoms with Gasteiger partial charge in [-0.15, -0.1) is 0 Å². The third-order valence-corrected chi connectivity index (χ3v) is 21.5. The van der Waals surface area contributed by atoms with Crippen LogP contribution in [0.25, 0.3) is 241 Å². The smallest absolute Gasteiger partial charge is 0.0648 e. The van der Waals surface area contributed by atoms with Gasteiger partial charge in [-0.2, -0.15) is 0 Å². The predicted molar refractivity (Wildman–Crippen MR) is 497 cm³/mol. The molecule has 0 fully saturated rings. The molecule has 0 saturated heterocycles. The third-order valence-electron chi connectivity index (χ3n) is 21.5. The van der Waals surface area contributed by atoms with E-state index < -0.39 is 380 Å². The molecule has 10 aromatic heterocycles. The maximum Gasteiger partial charge on any atom is 0.0648 e. The van der Waals surface area contributed by atoms with E-state index in [2.05, 4.69) is 0 Å². The summed E-state index contributed by atoms with van der Waals surface area (Å²) in [6.45, 7) is 4.39. The molecule has 0 unspecified atom stereocenters. The van der Waals surface area contributed by atoms with E-state index in [1.165, 1.54) is 38.4 Å². The average molecular weight is 1550 g/mol. The SMILES string of the molecule is [2H]c1c([2H])c([2H])c(-n2c3c([2H])c([2H])c([2H])c([2H])c3c3c([2H])c(-c4c([2H])c([2H])c5c(c4[2H])c4c([2H])c([2H])c(C)c([2H])c4n5-c4c([2H])c([2H])c([2H])c([2H])c4[2H])c([2H])c([2H])c32)c([2H])c1[2H].[2H]c1cc([2H])c2c3c([2H])c(-c4c([2H])c([2H])c5c(c4[2H])c4c([2H])c([2H])c(C)c6c7c([2H])c([2H])c([2H])c([2H])c7n5c46)c([2H])c4c5c([2H])c([2H])c([2H])c([2H])c5n(c2c1[2H])c34.[2H]c1cc([2H])c2c3c([2H])c([2H])c([2H])c4c5c([2H])c(-c6c([2H])c([2H])c7c(c6[2H])c6c([2H])c([2H])c(C)c8c9c([2H])c([2H])c([2H])c([2H])c9n7c68)c([2H])c([2H])c5n(c2c1[2H])c34. The number of nitrogens with zero attached hydrogens (tertiary/aromatic N) is 6. The van der Waals surface area contributed by atoms with E-state index in [-0.39, 0.29) is 234 Å². The summed E-state index contributed by atoms with van der Waals surface area (Å²) in [6, 6.07) is -34.0. The van der Waals surface area contributed by atoms with Crippen LogP contribution in [0.5, 0.6) is 0 Å². The summed E-state index contributed by atoms with van der Waals surface area (Å²) in [7, 11) is 0. The molecule has 0 aliphatic rings. The first-order chi connectivity index (χ1) is 82.4. The van der Waals surface area contributed by atoms with Crippen molar-refractivity contribution in [2.75, 3.05) is 0 Å². The molecule has 0 aliphatic carbocycles. The van der Waals surface area contributed by atoms with Crippen LogP contribution in [0.15, 0.2) is 369 Å². The van der Waals surface area contributed by atoms with E-state index >= 15 is 0 Å². The maximum atomic E-state index is 9.74. The highest BCUT2D eigenvalue weighted by atomic mass is 15.0. The van der Waals surface area contributed by atoms with E-state index in [1.54, 1.807) is 0 Å². The molecule has 0 aliphatic heterocycles. The standard InChI is InChI=1S/2C37H22N2.C37H26N2/c1-21-14-16-26-28-18-22(15-17-34(28)39-33-13-7-4-10-27(33)35(21)37(26)39)23-19-29-24-8-2-5-11-31(24)38-32-12-6-3-9-25(32)30(20-23)36(29)38;1-21-13-16-27-30-20-23(15-18-34(30)39-32-12-5-3-8-28(32)35(21)37(27)39)22-14-17-33-29(19-22)26-10-6-9-25-24-7-2-4-11-31(24)38(33)36(25)26;1-25-16-19-31-33-24-27(18-21-36(33)39(37(31)22-25)29-12-6-3-7-13-29)26-17-20-35-32(23-26)30-14-8-9-15-34(30)38(35)28-10-4-2-5-11-28/h2*2-20H,1H3;2-24H,1H3/i2D,4D,5D,6D,7D,8D,9D,10D,11D,12D,13D,14D,15D,16D,17D,18D,19D,20D;3D,4D,5D,6D,7D,8D,9D,10D,11D,12D,13D,14D,15D,16D,17D,18D,19D,20D;2D,3D,4D,5D,6D,7D,8D,9D,10D,11D,12D,13D,14D,15D,16D,17D,18D,19D,20D,21D,22D,23D,24D. The lowest BCUT2D eigenvalue weighted by molar-refractivity contribution is 1.18. The molecule has 117 heavy (non-hydrogen) atoms. The van der Waals surface area contributed by atoms with Gasteiger partial charge in [-0.25, -0.2) is 0 Å². The third kappa shape index (κ3) is 8.88. The molecule has 18 aromatic carbocycles. The topological polar surface area (TPSA) is 27.5 Å². The molecule has 544 valence electrons. The van der Waals surface area contributed by atoms with Gasteiger partial charge < -0.3 is 26.7 Å². The second-order valence-corrected chi connectivity index (χ2v) is 27.7. The zero-order valence-electron chi connectivity index (χ0n) is 119. The van der Waals surface area contributed by atoms with Crippen LogP contribution in [0.2, 0.25) is 0 Å². The molecular formula is C111H70N6. The van der Waals surface area contributed by atoms with E-state index in [0.29, 0.717) is 0 Å². The number of hydrogen-bond donors (Lipinski definition) is 0. The number of fused-ring (bicyclic) bond motifs is 30. The van der Waals surface area contributed by atoms with Crippen LogP contribution in [-0.2, 0) is 0 Å². The molecule has 28 rings (SSSR count). The van der Waals surface area contributed by atoms with Crippen molar-refractivity contribution >= 4 is 196 Å². The van der Waals surface area contributed by atoms with Gasteiger partial charge in [-0.1, -0.05) is 230 Å². The summed E-state index contributed by atoms with van der Waals surface area (Å²) < 4.78 is 533. The lowest BCUT2D eigenvalue weighted by atomic mass is 9.97. The van der Waals surface area contributed by atoms with Gasteiger partial charge >= 0.3 is 0 Å². The molecule has 0 radical (unpaired) electrons. The largest absolute Gasteiger partial charge is 0.309 e. The number of aryl methyl sites for hydroxylation is 2. The normalized spacial score (nSPS) is 19.5.